The molecule has 1 rings (SSSR count). The van der Waals surface area contributed by atoms with Crippen LogP contribution in [-0.4, -0.2) is 29.0 Å². The summed E-state index contributed by atoms with van der Waals surface area (Å²) < 4.78 is 5.24. The standard InChI is InChI=1S/C14H23NO3/c1-10(2)9-11-7-6-8-15(12(11)16)13(17)18-14(3,4)5/h9-10H,6-8H2,1-5H3/b11-9-. The molecular weight excluding hydrogens is 230 g/mol. The number of hydrogen-bond acceptors (Lipinski definition) is 3. The number of piperidine rings is 1. The quantitative estimate of drug-likeness (QED) is 0.674. The summed E-state index contributed by atoms with van der Waals surface area (Å²) in [6.07, 6.45) is 2.94. The van der Waals surface area contributed by atoms with E-state index in [1.807, 2.05) is 19.9 Å². The van der Waals surface area contributed by atoms with Gasteiger partial charge in [0.15, 0.2) is 0 Å². The van der Waals surface area contributed by atoms with Gasteiger partial charge in [-0.1, -0.05) is 19.9 Å². The van der Waals surface area contributed by atoms with Crippen molar-refractivity contribution in [1.29, 1.82) is 0 Å². The first-order valence-corrected chi connectivity index (χ1v) is 6.46. The Bertz CT molecular complexity index is 364. The molecule has 4 nitrogen and oxygen atoms in total. The molecule has 0 aromatic heterocycles. The van der Waals surface area contributed by atoms with Gasteiger partial charge in [0.1, 0.15) is 5.60 Å². The van der Waals surface area contributed by atoms with Crippen molar-refractivity contribution in [3.05, 3.63) is 11.6 Å². The van der Waals surface area contributed by atoms with E-state index in [1.54, 1.807) is 20.8 Å². The van der Waals surface area contributed by atoms with Gasteiger partial charge in [0.25, 0.3) is 5.91 Å². The van der Waals surface area contributed by atoms with Crippen LogP contribution in [0.2, 0.25) is 0 Å². The first-order valence-electron chi connectivity index (χ1n) is 6.46. The molecule has 0 aromatic carbocycles. The second-order valence-electron chi connectivity index (χ2n) is 5.98. The monoisotopic (exact) mass is 253 g/mol. The lowest BCUT2D eigenvalue weighted by molar-refractivity contribution is -0.127. The van der Waals surface area contributed by atoms with Crippen LogP contribution < -0.4 is 0 Å². The van der Waals surface area contributed by atoms with Gasteiger partial charge in [-0.05, 0) is 39.5 Å². The highest BCUT2D eigenvalue weighted by Crippen LogP contribution is 2.21. The minimum atomic E-state index is -0.573. The number of imide groups is 1. The maximum atomic E-state index is 12.1. The fourth-order valence-corrected chi connectivity index (χ4v) is 1.86. The number of allylic oxidation sites excluding steroid dienone is 1. The number of nitrogens with zero attached hydrogens (tertiary/aromatic N) is 1. The average Bonchev–Trinajstić information content (AvgIpc) is 2.17. The Morgan fingerprint density at radius 3 is 2.50 bits per heavy atom. The van der Waals surface area contributed by atoms with Gasteiger partial charge in [-0.3, -0.25) is 4.79 Å². The summed E-state index contributed by atoms with van der Waals surface area (Å²) in [5.74, 6) is 0.103. The molecule has 18 heavy (non-hydrogen) atoms. The molecule has 102 valence electrons. The fourth-order valence-electron chi connectivity index (χ4n) is 1.86. The molecule has 0 aromatic rings. The highest BCUT2D eigenvalue weighted by molar-refractivity contribution is 6.03. The van der Waals surface area contributed by atoms with Crippen LogP contribution in [0.1, 0.15) is 47.5 Å². The minimum absolute atomic E-state index is 0.204. The third-order valence-corrected chi connectivity index (χ3v) is 2.50. The molecule has 0 bridgehead atoms. The summed E-state index contributed by atoms with van der Waals surface area (Å²) in [5.41, 5.74) is 0.151. The normalized spacial score (nSPS) is 19.6. The highest BCUT2D eigenvalue weighted by Gasteiger charge is 2.31. The summed E-state index contributed by atoms with van der Waals surface area (Å²) in [6, 6.07) is 0. The Morgan fingerprint density at radius 1 is 1.39 bits per heavy atom. The number of hydrogen-bond donors (Lipinski definition) is 0. The van der Waals surface area contributed by atoms with Gasteiger partial charge in [0.2, 0.25) is 0 Å². The van der Waals surface area contributed by atoms with Crippen LogP contribution in [0.25, 0.3) is 0 Å². The van der Waals surface area contributed by atoms with E-state index in [4.69, 9.17) is 4.74 Å². The highest BCUT2D eigenvalue weighted by atomic mass is 16.6. The lowest BCUT2D eigenvalue weighted by atomic mass is 10.0. The zero-order valence-corrected chi connectivity index (χ0v) is 11.9. The largest absolute Gasteiger partial charge is 0.443 e. The lowest BCUT2D eigenvalue weighted by Crippen LogP contribution is -2.44. The van der Waals surface area contributed by atoms with Crippen molar-refractivity contribution in [3.8, 4) is 0 Å². The van der Waals surface area contributed by atoms with Crippen molar-refractivity contribution in [1.82, 2.24) is 4.90 Å². The van der Waals surface area contributed by atoms with E-state index >= 15 is 0 Å². The summed E-state index contributed by atoms with van der Waals surface area (Å²) in [4.78, 5) is 25.3. The number of ether oxygens (including phenoxy) is 1. The molecule has 1 fully saturated rings. The summed E-state index contributed by atoms with van der Waals surface area (Å²) >= 11 is 0. The van der Waals surface area contributed by atoms with E-state index in [0.717, 1.165) is 18.4 Å². The zero-order chi connectivity index (χ0) is 13.9. The molecule has 0 spiro atoms. The van der Waals surface area contributed by atoms with Crippen LogP contribution in [0.5, 0.6) is 0 Å². The van der Waals surface area contributed by atoms with E-state index in [1.165, 1.54) is 4.90 Å². The van der Waals surface area contributed by atoms with E-state index in [9.17, 15) is 9.59 Å². The van der Waals surface area contributed by atoms with Crippen LogP contribution in [0.15, 0.2) is 11.6 Å². The van der Waals surface area contributed by atoms with Crippen molar-refractivity contribution >= 4 is 12.0 Å². The van der Waals surface area contributed by atoms with Crippen molar-refractivity contribution in [2.45, 2.75) is 53.1 Å². The molecule has 2 amide bonds. The van der Waals surface area contributed by atoms with Gasteiger partial charge < -0.3 is 4.74 Å². The molecule has 1 aliphatic heterocycles. The minimum Gasteiger partial charge on any atom is -0.443 e. The van der Waals surface area contributed by atoms with Crippen LogP contribution in [0.4, 0.5) is 4.79 Å². The molecule has 1 heterocycles. The second kappa shape index (κ2) is 5.55. The molecule has 0 radical (unpaired) electrons. The molecule has 1 saturated heterocycles. The molecule has 0 saturated carbocycles. The number of carbonyl (C=O) groups excluding carboxylic acids is 2. The molecule has 0 aliphatic carbocycles. The zero-order valence-electron chi connectivity index (χ0n) is 11.9. The molecule has 0 N–H and O–H groups in total. The Hall–Kier alpha value is -1.32. The topological polar surface area (TPSA) is 46.6 Å². The molecular formula is C14H23NO3. The van der Waals surface area contributed by atoms with Crippen molar-refractivity contribution in [2.75, 3.05) is 6.54 Å². The van der Waals surface area contributed by atoms with Gasteiger partial charge in [0, 0.05) is 12.1 Å². The van der Waals surface area contributed by atoms with Crippen LogP contribution in [0, 0.1) is 5.92 Å². The molecule has 1 aliphatic rings. The Balaban J connectivity index is 2.78. The van der Waals surface area contributed by atoms with Crippen LogP contribution >= 0.6 is 0 Å². The Kier molecular flexibility index (Phi) is 4.54. The van der Waals surface area contributed by atoms with E-state index in [2.05, 4.69) is 0 Å². The van der Waals surface area contributed by atoms with Crippen molar-refractivity contribution < 1.29 is 14.3 Å². The lowest BCUT2D eigenvalue weighted by Gasteiger charge is -2.29. The third-order valence-electron chi connectivity index (χ3n) is 2.50. The maximum absolute atomic E-state index is 12.1. The first-order chi connectivity index (χ1) is 8.20. The summed E-state index contributed by atoms with van der Waals surface area (Å²) in [5, 5.41) is 0. The molecule has 0 atom stereocenters. The van der Waals surface area contributed by atoms with E-state index in [0.29, 0.717) is 12.5 Å². The van der Waals surface area contributed by atoms with Gasteiger partial charge in [-0.2, -0.15) is 0 Å². The van der Waals surface area contributed by atoms with Gasteiger partial charge in [-0.15, -0.1) is 0 Å². The smallest absolute Gasteiger partial charge is 0.417 e. The number of rotatable bonds is 1. The van der Waals surface area contributed by atoms with Crippen molar-refractivity contribution in [3.63, 3.8) is 0 Å². The number of carbonyl (C=O) groups is 2. The molecule has 4 heteroatoms. The fraction of sp³-hybridized carbons (Fsp3) is 0.714. The predicted octanol–water partition coefficient (Wildman–Crippen LogP) is 3.13. The average molecular weight is 253 g/mol. The Morgan fingerprint density at radius 2 is 2.00 bits per heavy atom. The van der Waals surface area contributed by atoms with E-state index in [-0.39, 0.29) is 5.91 Å². The van der Waals surface area contributed by atoms with Crippen molar-refractivity contribution in [2.24, 2.45) is 5.92 Å². The van der Waals surface area contributed by atoms with Gasteiger partial charge in [0.05, 0.1) is 0 Å². The van der Waals surface area contributed by atoms with E-state index < -0.39 is 11.7 Å². The first kappa shape index (κ1) is 14.7. The molecule has 0 unspecified atom stereocenters. The number of amides is 2. The summed E-state index contributed by atoms with van der Waals surface area (Å²) in [7, 11) is 0. The third kappa shape index (κ3) is 4.17. The maximum Gasteiger partial charge on any atom is 0.417 e. The van der Waals surface area contributed by atoms with Crippen LogP contribution in [0.3, 0.4) is 0 Å². The second-order valence-corrected chi connectivity index (χ2v) is 5.98. The Labute approximate surface area is 109 Å². The van der Waals surface area contributed by atoms with Crippen LogP contribution in [-0.2, 0) is 9.53 Å². The van der Waals surface area contributed by atoms with Gasteiger partial charge >= 0.3 is 6.09 Å². The SMILES string of the molecule is CC(C)/C=C1/CCCN(C(=O)OC(C)(C)C)C1=O. The number of likely N-dealkylation sites (tertiary alicyclic amines) is 1. The summed E-state index contributed by atoms with van der Waals surface area (Å²) in [6.45, 7) is 9.88. The van der Waals surface area contributed by atoms with Gasteiger partial charge in [-0.25, -0.2) is 9.69 Å². The predicted molar refractivity (Wildman–Crippen MR) is 70.1 cm³/mol.